The molecule has 3 rings (SSSR count). The van der Waals surface area contributed by atoms with Crippen LogP contribution in [-0.2, 0) is 21.2 Å². The zero-order chi connectivity index (χ0) is 17.3. The Bertz CT molecular complexity index is 861. The van der Waals surface area contributed by atoms with Crippen molar-refractivity contribution in [2.24, 2.45) is 0 Å². The molecule has 0 saturated carbocycles. The lowest BCUT2D eigenvalue weighted by Crippen LogP contribution is -2.38. The highest BCUT2D eigenvalue weighted by atomic mass is 32.2. The summed E-state index contributed by atoms with van der Waals surface area (Å²) in [5, 5.41) is 0.819. The minimum absolute atomic E-state index is 0.0585. The number of carbonyl (C=O) groups is 1. The van der Waals surface area contributed by atoms with E-state index in [4.69, 9.17) is 0 Å². The number of fused-ring (bicyclic) bond motifs is 1. The molecule has 1 fully saturated rings. The number of nitrogens with zero attached hydrogens (tertiary/aromatic N) is 3. The van der Waals surface area contributed by atoms with Gasteiger partial charge in [0.2, 0.25) is 5.91 Å². The van der Waals surface area contributed by atoms with Gasteiger partial charge in [0.25, 0.3) is 0 Å². The average molecular weight is 367 g/mol. The lowest BCUT2D eigenvalue weighted by molar-refractivity contribution is -0.128. The van der Waals surface area contributed by atoms with Gasteiger partial charge in [-0.3, -0.25) is 4.79 Å². The molecule has 1 aromatic heterocycles. The van der Waals surface area contributed by atoms with Gasteiger partial charge in [-0.2, -0.15) is 0 Å². The predicted molar refractivity (Wildman–Crippen MR) is 96.0 cm³/mol. The van der Waals surface area contributed by atoms with Crippen molar-refractivity contribution >= 4 is 38.5 Å². The maximum Gasteiger partial charge on any atom is 0.233 e. The summed E-state index contributed by atoms with van der Waals surface area (Å²) in [6.45, 7) is 2.84. The van der Waals surface area contributed by atoms with Gasteiger partial charge < -0.3 is 9.47 Å². The summed E-state index contributed by atoms with van der Waals surface area (Å²) in [5.41, 5.74) is 1.98. The van der Waals surface area contributed by atoms with Crippen molar-refractivity contribution in [3.63, 3.8) is 0 Å². The third-order valence-electron chi connectivity index (χ3n) is 4.41. The summed E-state index contributed by atoms with van der Waals surface area (Å²) in [6, 6.07) is 7.71. The van der Waals surface area contributed by atoms with E-state index in [1.54, 1.807) is 11.9 Å². The van der Waals surface area contributed by atoms with Crippen LogP contribution >= 0.6 is 11.8 Å². The highest BCUT2D eigenvalue weighted by Crippen LogP contribution is 2.25. The standard InChI is InChI=1S/C16H21N3O3S2/c1-3-19-14-7-5-4-6-13(14)17-16(19)23-10-15(20)18(2)12-8-9-24(21,22)11-12/h4-7,12H,3,8-11H2,1-2H3/t12-/m1/s1. The zero-order valence-corrected chi connectivity index (χ0v) is 15.4. The number of benzene rings is 1. The molecule has 8 heteroatoms. The van der Waals surface area contributed by atoms with Crippen LogP contribution in [0.25, 0.3) is 11.0 Å². The Balaban J connectivity index is 1.68. The van der Waals surface area contributed by atoms with Gasteiger partial charge in [0.15, 0.2) is 15.0 Å². The van der Waals surface area contributed by atoms with Crippen molar-refractivity contribution in [2.45, 2.75) is 31.1 Å². The van der Waals surface area contributed by atoms with Crippen molar-refractivity contribution in [1.82, 2.24) is 14.5 Å². The molecule has 2 heterocycles. The van der Waals surface area contributed by atoms with E-state index in [2.05, 4.69) is 16.5 Å². The van der Waals surface area contributed by atoms with E-state index in [0.717, 1.165) is 22.7 Å². The van der Waals surface area contributed by atoms with Crippen LogP contribution in [0.3, 0.4) is 0 Å². The summed E-state index contributed by atoms with van der Waals surface area (Å²) in [5.74, 6) is 0.453. The second-order valence-electron chi connectivity index (χ2n) is 5.98. The monoisotopic (exact) mass is 367 g/mol. The smallest absolute Gasteiger partial charge is 0.233 e. The van der Waals surface area contributed by atoms with Gasteiger partial charge >= 0.3 is 0 Å². The number of para-hydroxylation sites is 2. The van der Waals surface area contributed by atoms with Crippen LogP contribution in [0.5, 0.6) is 0 Å². The topological polar surface area (TPSA) is 72.3 Å². The number of sulfone groups is 1. The fourth-order valence-corrected chi connectivity index (χ4v) is 5.76. The molecule has 1 saturated heterocycles. The summed E-state index contributed by atoms with van der Waals surface area (Å²) in [4.78, 5) is 18.6. The molecule has 0 radical (unpaired) electrons. The third kappa shape index (κ3) is 3.44. The summed E-state index contributed by atoms with van der Waals surface area (Å²) >= 11 is 1.40. The minimum atomic E-state index is -2.99. The molecule has 0 spiro atoms. The number of hydrogen-bond acceptors (Lipinski definition) is 5. The first-order valence-corrected chi connectivity index (χ1v) is 10.8. The van der Waals surface area contributed by atoms with Crippen molar-refractivity contribution in [2.75, 3.05) is 24.3 Å². The summed E-state index contributed by atoms with van der Waals surface area (Å²) in [7, 11) is -1.29. The maximum atomic E-state index is 12.4. The van der Waals surface area contributed by atoms with E-state index in [1.807, 2.05) is 24.3 Å². The van der Waals surface area contributed by atoms with Crippen LogP contribution in [0, 0.1) is 0 Å². The highest BCUT2D eigenvalue weighted by molar-refractivity contribution is 7.99. The summed E-state index contributed by atoms with van der Waals surface area (Å²) in [6.07, 6.45) is 0.530. The van der Waals surface area contributed by atoms with E-state index in [1.165, 1.54) is 11.8 Å². The fraction of sp³-hybridized carbons (Fsp3) is 0.500. The number of imidazole rings is 1. The number of amides is 1. The molecule has 1 amide bonds. The van der Waals surface area contributed by atoms with Crippen molar-refractivity contribution in [3.05, 3.63) is 24.3 Å². The molecule has 0 N–H and O–H groups in total. The number of carbonyl (C=O) groups excluding carboxylic acids is 1. The van der Waals surface area contributed by atoms with E-state index < -0.39 is 9.84 Å². The SMILES string of the molecule is CCn1c(SCC(=O)N(C)[C@@H]2CCS(=O)(=O)C2)nc2ccccc21. The lowest BCUT2D eigenvalue weighted by atomic mass is 10.2. The second kappa shape index (κ2) is 6.76. The molecule has 1 aliphatic heterocycles. The largest absolute Gasteiger partial charge is 0.341 e. The quantitative estimate of drug-likeness (QED) is 0.754. The second-order valence-corrected chi connectivity index (χ2v) is 9.15. The lowest BCUT2D eigenvalue weighted by Gasteiger charge is -2.23. The van der Waals surface area contributed by atoms with Crippen LogP contribution < -0.4 is 0 Å². The first kappa shape index (κ1) is 17.3. The van der Waals surface area contributed by atoms with Crippen LogP contribution in [0.15, 0.2) is 29.4 Å². The number of aromatic nitrogens is 2. The van der Waals surface area contributed by atoms with Crippen LogP contribution in [0.1, 0.15) is 13.3 Å². The van der Waals surface area contributed by atoms with E-state index in [0.29, 0.717) is 6.42 Å². The Morgan fingerprint density at radius 1 is 1.42 bits per heavy atom. The molecule has 2 aromatic rings. The molecule has 0 aliphatic carbocycles. The molecule has 1 aromatic carbocycles. The molecule has 24 heavy (non-hydrogen) atoms. The molecule has 1 aliphatic rings. The normalized spacial score (nSPS) is 19.7. The third-order valence-corrected chi connectivity index (χ3v) is 7.12. The van der Waals surface area contributed by atoms with Gasteiger partial charge in [0.05, 0.1) is 28.3 Å². The maximum absolute atomic E-state index is 12.4. The van der Waals surface area contributed by atoms with Gasteiger partial charge in [-0.05, 0) is 25.5 Å². The highest BCUT2D eigenvalue weighted by Gasteiger charge is 2.32. The first-order chi connectivity index (χ1) is 11.4. The van der Waals surface area contributed by atoms with Gasteiger partial charge in [-0.1, -0.05) is 23.9 Å². The molecule has 6 nitrogen and oxygen atoms in total. The number of hydrogen-bond donors (Lipinski definition) is 0. The van der Waals surface area contributed by atoms with Gasteiger partial charge in [0, 0.05) is 19.6 Å². The Morgan fingerprint density at radius 3 is 2.83 bits per heavy atom. The number of rotatable bonds is 5. The van der Waals surface area contributed by atoms with Crippen molar-refractivity contribution in [1.29, 1.82) is 0 Å². The number of aryl methyl sites for hydroxylation is 1. The van der Waals surface area contributed by atoms with Gasteiger partial charge in [0.1, 0.15) is 0 Å². The van der Waals surface area contributed by atoms with Gasteiger partial charge in [-0.15, -0.1) is 0 Å². The average Bonchev–Trinajstić information content (AvgIpc) is 3.11. The molecule has 0 unspecified atom stereocenters. The Kier molecular flexibility index (Phi) is 4.87. The minimum Gasteiger partial charge on any atom is -0.341 e. The Morgan fingerprint density at radius 2 is 2.17 bits per heavy atom. The van der Waals surface area contributed by atoms with E-state index in [9.17, 15) is 13.2 Å². The number of thioether (sulfide) groups is 1. The Hall–Kier alpha value is -1.54. The van der Waals surface area contributed by atoms with Crippen LogP contribution in [0.4, 0.5) is 0 Å². The Labute approximate surface area is 146 Å². The molecule has 130 valence electrons. The van der Waals surface area contributed by atoms with Crippen molar-refractivity contribution in [3.8, 4) is 0 Å². The molecule has 0 bridgehead atoms. The molecule has 1 atom stereocenters. The van der Waals surface area contributed by atoms with Crippen LogP contribution in [0.2, 0.25) is 0 Å². The first-order valence-electron chi connectivity index (χ1n) is 7.95. The summed E-state index contributed by atoms with van der Waals surface area (Å²) < 4.78 is 25.2. The molecular formula is C16H21N3O3S2. The predicted octanol–water partition coefficient (Wildman–Crippen LogP) is 1.79. The van der Waals surface area contributed by atoms with Crippen LogP contribution in [-0.4, -0.2) is 59.1 Å². The fourth-order valence-electron chi connectivity index (χ4n) is 2.98. The zero-order valence-electron chi connectivity index (χ0n) is 13.8. The van der Waals surface area contributed by atoms with E-state index in [-0.39, 0.29) is 29.2 Å². The van der Waals surface area contributed by atoms with Gasteiger partial charge in [-0.25, -0.2) is 13.4 Å². The van der Waals surface area contributed by atoms with E-state index >= 15 is 0 Å². The molecular weight excluding hydrogens is 346 g/mol. The van der Waals surface area contributed by atoms with Crippen molar-refractivity contribution < 1.29 is 13.2 Å².